The standard InChI is InChI=1S/C31H36F2N2O2/c1-4-6-10-20-36-23(3)11-8-7-9-12-24-13-15-25(16-14-24)26-21-34-31(35-22-26)27-17-18-28(37-19-5-2)30(33)29(27)32/h5,9,12-18,21-23H,2,4,6-8,10-11,19-20H2,1,3H3. The van der Waals surface area contributed by atoms with Crippen LogP contribution in [0.3, 0.4) is 0 Å². The zero-order valence-corrected chi connectivity index (χ0v) is 21.8. The Morgan fingerprint density at radius 2 is 1.70 bits per heavy atom. The first kappa shape index (κ1) is 28.2. The molecular weight excluding hydrogens is 470 g/mol. The van der Waals surface area contributed by atoms with Crippen LogP contribution < -0.4 is 4.74 Å². The number of unbranched alkanes of at least 4 members (excludes halogenated alkanes) is 3. The molecule has 0 amide bonds. The molecule has 0 bridgehead atoms. The monoisotopic (exact) mass is 506 g/mol. The first-order chi connectivity index (χ1) is 18.0. The van der Waals surface area contributed by atoms with Crippen LogP contribution >= 0.6 is 0 Å². The zero-order chi connectivity index (χ0) is 26.5. The van der Waals surface area contributed by atoms with E-state index in [1.54, 1.807) is 12.4 Å². The molecule has 37 heavy (non-hydrogen) atoms. The van der Waals surface area contributed by atoms with Gasteiger partial charge in [-0.3, -0.25) is 0 Å². The highest BCUT2D eigenvalue weighted by Crippen LogP contribution is 2.29. The lowest BCUT2D eigenvalue weighted by Crippen LogP contribution is -2.08. The number of benzene rings is 2. The molecule has 1 unspecified atom stereocenters. The van der Waals surface area contributed by atoms with Crippen LogP contribution in [0, 0.1) is 11.6 Å². The normalized spacial score (nSPS) is 12.1. The Balaban J connectivity index is 1.52. The lowest BCUT2D eigenvalue weighted by molar-refractivity contribution is 0.0566. The molecule has 196 valence electrons. The van der Waals surface area contributed by atoms with Crippen LogP contribution in [-0.4, -0.2) is 29.3 Å². The van der Waals surface area contributed by atoms with Crippen LogP contribution in [0.2, 0.25) is 0 Å². The fourth-order valence-electron chi connectivity index (χ4n) is 3.83. The summed E-state index contributed by atoms with van der Waals surface area (Å²) in [5, 5.41) is 0. The number of aromatic nitrogens is 2. The van der Waals surface area contributed by atoms with Gasteiger partial charge in [-0.1, -0.05) is 68.8 Å². The molecule has 0 aliphatic carbocycles. The fraction of sp³-hybridized carbons (Fsp3) is 0.355. The second-order valence-corrected chi connectivity index (χ2v) is 8.98. The first-order valence-corrected chi connectivity index (χ1v) is 13.0. The maximum atomic E-state index is 14.5. The lowest BCUT2D eigenvalue weighted by Gasteiger charge is -2.12. The predicted octanol–water partition coefficient (Wildman–Crippen LogP) is 8.43. The number of hydrogen-bond acceptors (Lipinski definition) is 4. The molecule has 6 heteroatoms. The first-order valence-electron chi connectivity index (χ1n) is 13.0. The van der Waals surface area contributed by atoms with Crippen LogP contribution in [-0.2, 0) is 4.74 Å². The highest BCUT2D eigenvalue weighted by Gasteiger charge is 2.17. The van der Waals surface area contributed by atoms with E-state index in [1.807, 2.05) is 24.3 Å². The van der Waals surface area contributed by atoms with E-state index < -0.39 is 11.6 Å². The molecule has 3 aromatic rings. The van der Waals surface area contributed by atoms with Crippen molar-refractivity contribution in [2.24, 2.45) is 0 Å². The number of halogens is 2. The number of nitrogens with zero attached hydrogens (tertiary/aromatic N) is 2. The van der Waals surface area contributed by atoms with E-state index in [0.29, 0.717) is 6.10 Å². The van der Waals surface area contributed by atoms with Gasteiger partial charge in [0.15, 0.2) is 17.4 Å². The molecule has 0 aliphatic rings. The van der Waals surface area contributed by atoms with Crippen molar-refractivity contribution in [3.05, 3.63) is 84.7 Å². The van der Waals surface area contributed by atoms with Gasteiger partial charge in [-0.05, 0) is 55.9 Å². The van der Waals surface area contributed by atoms with Crippen molar-refractivity contribution in [1.29, 1.82) is 0 Å². The van der Waals surface area contributed by atoms with Gasteiger partial charge in [0.25, 0.3) is 0 Å². The van der Waals surface area contributed by atoms with Gasteiger partial charge in [0.1, 0.15) is 6.61 Å². The third-order valence-corrected chi connectivity index (χ3v) is 5.98. The Morgan fingerprint density at radius 1 is 0.946 bits per heavy atom. The van der Waals surface area contributed by atoms with E-state index in [4.69, 9.17) is 9.47 Å². The molecule has 1 aromatic heterocycles. The van der Waals surface area contributed by atoms with E-state index in [-0.39, 0.29) is 23.7 Å². The second kappa shape index (κ2) is 15.0. The Bertz CT molecular complexity index is 1150. The van der Waals surface area contributed by atoms with Crippen LogP contribution in [0.15, 0.2) is 67.5 Å². The van der Waals surface area contributed by atoms with Gasteiger partial charge >= 0.3 is 0 Å². The van der Waals surface area contributed by atoms with Gasteiger partial charge in [-0.25, -0.2) is 14.4 Å². The molecule has 0 fully saturated rings. The summed E-state index contributed by atoms with van der Waals surface area (Å²) in [6.45, 7) is 8.80. The fourth-order valence-corrected chi connectivity index (χ4v) is 3.83. The summed E-state index contributed by atoms with van der Waals surface area (Å²) < 4.78 is 39.8. The highest BCUT2D eigenvalue weighted by atomic mass is 19.2. The molecule has 1 atom stereocenters. The summed E-state index contributed by atoms with van der Waals surface area (Å²) in [5.74, 6) is -2.18. The Kier molecular flexibility index (Phi) is 11.4. The molecule has 0 saturated heterocycles. The highest BCUT2D eigenvalue weighted by molar-refractivity contribution is 5.66. The minimum Gasteiger partial charge on any atom is -0.486 e. The summed E-state index contributed by atoms with van der Waals surface area (Å²) in [4.78, 5) is 8.51. The number of hydrogen-bond donors (Lipinski definition) is 0. The molecule has 0 aliphatic heterocycles. The summed E-state index contributed by atoms with van der Waals surface area (Å²) in [6.07, 6.45) is 16.1. The second-order valence-electron chi connectivity index (χ2n) is 8.98. The smallest absolute Gasteiger partial charge is 0.201 e. The molecule has 0 N–H and O–H groups in total. The summed E-state index contributed by atoms with van der Waals surface area (Å²) in [6, 6.07) is 10.8. The molecule has 3 rings (SSSR count). The van der Waals surface area contributed by atoms with Gasteiger partial charge in [-0.15, -0.1) is 0 Å². The van der Waals surface area contributed by atoms with Crippen LogP contribution in [0.1, 0.15) is 57.9 Å². The minimum atomic E-state index is -1.07. The SMILES string of the molecule is C=CCOc1ccc(-c2ncc(-c3ccc(C=CCCCC(C)OCCCCC)cc3)cn2)c(F)c1F. The molecule has 0 spiro atoms. The van der Waals surface area contributed by atoms with Crippen LogP contribution in [0.4, 0.5) is 8.78 Å². The Labute approximate surface area is 219 Å². The van der Waals surface area contributed by atoms with Gasteiger partial charge < -0.3 is 9.47 Å². The van der Waals surface area contributed by atoms with Crippen molar-refractivity contribution in [3.63, 3.8) is 0 Å². The zero-order valence-electron chi connectivity index (χ0n) is 21.8. The van der Waals surface area contributed by atoms with E-state index in [2.05, 4.69) is 42.5 Å². The molecule has 0 saturated carbocycles. The quantitative estimate of drug-likeness (QED) is 0.153. The number of ether oxygens (including phenoxy) is 2. The van der Waals surface area contributed by atoms with E-state index >= 15 is 0 Å². The Hall–Kier alpha value is -3.38. The number of allylic oxidation sites excluding steroid dienone is 1. The molecule has 2 aromatic carbocycles. The molecular formula is C31H36F2N2O2. The molecule has 0 radical (unpaired) electrons. The van der Waals surface area contributed by atoms with Crippen molar-refractivity contribution >= 4 is 6.08 Å². The molecule has 4 nitrogen and oxygen atoms in total. The summed E-state index contributed by atoms with van der Waals surface area (Å²) >= 11 is 0. The van der Waals surface area contributed by atoms with Gasteiger partial charge in [0.2, 0.25) is 5.82 Å². The van der Waals surface area contributed by atoms with Crippen molar-refractivity contribution in [2.75, 3.05) is 13.2 Å². The maximum absolute atomic E-state index is 14.5. The number of rotatable bonds is 15. The van der Waals surface area contributed by atoms with Gasteiger partial charge in [0.05, 0.1) is 11.7 Å². The van der Waals surface area contributed by atoms with E-state index in [9.17, 15) is 8.78 Å². The summed E-state index contributed by atoms with van der Waals surface area (Å²) in [7, 11) is 0. The van der Waals surface area contributed by atoms with E-state index in [0.717, 1.165) is 49.0 Å². The van der Waals surface area contributed by atoms with Crippen LogP contribution in [0.25, 0.3) is 28.6 Å². The topological polar surface area (TPSA) is 44.2 Å². The summed E-state index contributed by atoms with van der Waals surface area (Å²) in [5.41, 5.74) is 2.82. The minimum absolute atomic E-state index is 0.0204. The van der Waals surface area contributed by atoms with Crippen molar-refractivity contribution < 1.29 is 18.3 Å². The van der Waals surface area contributed by atoms with E-state index in [1.165, 1.54) is 31.1 Å². The van der Waals surface area contributed by atoms with Crippen molar-refractivity contribution in [1.82, 2.24) is 9.97 Å². The van der Waals surface area contributed by atoms with Crippen molar-refractivity contribution in [2.45, 2.75) is 58.5 Å². The maximum Gasteiger partial charge on any atom is 0.201 e. The van der Waals surface area contributed by atoms with Crippen LogP contribution in [0.5, 0.6) is 5.75 Å². The van der Waals surface area contributed by atoms with Gasteiger partial charge in [-0.2, -0.15) is 4.39 Å². The largest absolute Gasteiger partial charge is 0.486 e. The average molecular weight is 507 g/mol. The third kappa shape index (κ3) is 8.60. The lowest BCUT2D eigenvalue weighted by atomic mass is 10.1. The predicted molar refractivity (Wildman–Crippen MR) is 146 cm³/mol. The Morgan fingerprint density at radius 3 is 2.41 bits per heavy atom. The molecule has 1 heterocycles. The van der Waals surface area contributed by atoms with Crippen molar-refractivity contribution in [3.8, 4) is 28.3 Å². The third-order valence-electron chi connectivity index (χ3n) is 5.98. The average Bonchev–Trinajstić information content (AvgIpc) is 2.92. The van der Waals surface area contributed by atoms with Gasteiger partial charge in [0, 0.05) is 24.6 Å².